The van der Waals surface area contributed by atoms with E-state index in [1.807, 2.05) is 33.8 Å². The number of hydrogen-bond acceptors (Lipinski definition) is 3. The molecule has 0 aliphatic heterocycles. The topological polar surface area (TPSA) is 54.0 Å². The van der Waals surface area contributed by atoms with Crippen LogP contribution in [0.25, 0.3) is 0 Å². The molecule has 0 saturated carbocycles. The predicted octanol–water partition coefficient (Wildman–Crippen LogP) is 4.23. The van der Waals surface area contributed by atoms with E-state index >= 15 is 0 Å². The largest absolute Gasteiger partial charge is 0.353 e. The molecule has 0 bridgehead atoms. The van der Waals surface area contributed by atoms with Gasteiger partial charge in [-0.15, -0.1) is 0 Å². The minimum Gasteiger partial charge on any atom is -0.353 e. The first kappa shape index (κ1) is 16.3. The Balaban J connectivity index is 2.26. The summed E-state index contributed by atoms with van der Waals surface area (Å²) in [6.45, 7) is 7.83. The zero-order valence-electron chi connectivity index (χ0n) is 13.2. The van der Waals surface area contributed by atoms with E-state index in [0.29, 0.717) is 10.6 Å². The van der Waals surface area contributed by atoms with E-state index in [2.05, 4.69) is 21.7 Å². The van der Waals surface area contributed by atoms with Gasteiger partial charge in [-0.05, 0) is 51.0 Å². The number of aryl methyl sites for hydroxylation is 2. The lowest BCUT2D eigenvalue weighted by Crippen LogP contribution is -2.30. The first-order valence-corrected chi connectivity index (χ1v) is 7.54. The summed E-state index contributed by atoms with van der Waals surface area (Å²) in [7, 11) is 0. The Morgan fingerprint density at radius 3 is 2.55 bits per heavy atom. The molecule has 22 heavy (non-hydrogen) atoms. The molecule has 5 heteroatoms. The Morgan fingerprint density at radius 1 is 1.18 bits per heavy atom. The van der Waals surface area contributed by atoms with Crippen LogP contribution < -0.4 is 10.6 Å². The van der Waals surface area contributed by atoms with Gasteiger partial charge in [0.1, 0.15) is 0 Å². The van der Waals surface area contributed by atoms with E-state index in [9.17, 15) is 4.79 Å². The van der Waals surface area contributed by atoms with Gasteiger partial charge < -0.3 is 10.6 Å². The summed E-state index contributed by atoms with van der Waals surface area (Å²) in [6.07, 6.45) is 3.22. The van der Waals surface area contributed by atoms with E-state index < -0.39 is 0 Å². The summed E-state index contributed by atoms with van der Waals surface area (Å²) in [5, 5.41) is 6.74. The second-order valence-electron chi connectivity index (χ2n) is 5.65. The van der Waals surface area contributed by atoms with Crippen molar-refractivity contribution in [3.8, 4) is 0 Å². The molecule has 0 spiro atoms. The van der Waals surface area contributed by atoms with Crippen LogP contribution in [-0.2, 0) is 0 Å². The normalized spacial score (nSPS) is 10.6. The molecule has 116 valence electrons. The third-order valence-electron chi connectivity index (χ3n) is 3.12. The minimum atomic E-state index is -0.141. The van der Waals surface area contributed by atoms with Gasteiger partial charge in [0.2, 0.25) is 0 Å². The van der Waals surface area contributed by atoms with Crippen LogP contribution in [-0.4, -0.2) is 16.9 Å². The van der Waals surface area contributed by atoms with Crippen LogP contribution in [0.15, 0.2) is 30.6 Å². The van der Waals surface area contributed by atoms with Gasteiger partial charge in [-0.1, -0.05) is 17.7 Å². The predicted molar refractivity (Wildman–Crippen MR) is 91.0 cm³/mol. The second kappa shape index (κ2) is 6.79. The van der Waals surface area contributed by atoms with Crippen LogP contribution in [0, 0.1) is 13.8 Å². The lowest BCUT2D eigenvalue weighted by atomic mass is 10.1. The van der Waals surface area contributed by atoms with E-state index in [0.717, 1.165) is 22.5 Å². The molecule has 2 aromatic rings. The second-order valence-corrected chi connectivity index (χ2v) is 6.06. The van der Waals surface area contributed by atoms with Gasteiger partial charge in [0, 0.05) is 12.2 Å². The number of nitrogens with one attached hydrogen (secondary N) is 2. The highest BCUT2D eigenvalue weighted by Crippen LogP contribution is 2.30. The number of pyridine rings is 1. The standard InChI is InChI=1S/C17H20ClN3O/c1-10(2)20-17(22)13-7-14(9-19-8-13)21-16-12(4)5-11(3)6-15(16)18/h5-10,21H,1-4H3,(H,20,22). The van der Waals surface area contributed by atoms with Gasteiger partial charge >= 0.3 is 0 Å². The third-order valence-corrected chi connectivity index (χ3v) is 3.42. The van der Waals surface area contributed by atoms with Crippen molar-refractivity contribution in [2.24, 2.45) is 0 Å². The summed E-state index contributed by atoms with van der Waals surface area (Å²) < 4.78 is 0. The smallest absolute Gasteiger partial charge is 0.253 e. The zero-order valence-corrected chi connectivity index (χ0v) is 14.0. The molecule has 0 saturated heterocycles. The van der Waals surface area contributed by atoms with Gasteiger partial charge in [0.15, 0.2) is 0 Å². The van der Waals surface area contributed by atoms with Gasteiger partial charge in [0.05, 0.1) is 28.2 Å². The Hall–Kier alpha value is -2.07. The summed E-state index contributed by atoms with van der Waals surface area (Å²) >= 11 is 6.29. The van der Waals surface area contributed by atoms with Crippen molar-refractivity contribution in [1.82, 2.24) is 10.3 Å². The summed E-state index contributed by atoms with van der Waals surface area (Å²) in [5.74, 6) is -0.141. The fourth-order valence-electron chi connectivity index (χ4n) is 2.20. The number of hydrogen-bond donors (Lipinski definition) is 2. The molecule has 0 unspecified atom stereocenters. The zero-order chi connectivity index (χ0) is 16.3. The van der Waals surface area contributed by atoms with Crippen LogP contribution in [0.2, 0.25) is 5.02 Å². The molecule has 2 rings (SSSR count). The van der Waals surface area contributed by atoms with Crippen molar-refractivity contribution in [3.05, 3.63) is 52.3 Å². The molecule has 1 aromatic heterocycles. The number of halogens is 1. The van der Waals surface area contributed by atoms with Crippen LogP contribution in [0.1, 0.15) is 35.3 Å². The molecule has 0 aliphatic rings. The lowest BCUT2D eigenvalue weighted by molar-refractivity contribution is 0.0943. The van der Waals surface area contributed by atoms with Crippen molar-refractivity contribution in [1.29, 1.82) is 0 Å². The summed E-state index contributed by atoms with van der Waals surface area (Å²) in [4.78, 5) is 16.2. The van der Waals surface area contributed by atoms with Crippen molar-refractivity contribution in [2.75, 3.05) is 5.32 Å². The van der Waals surface area contributed by atoms with Crippen molar-refractivity contribution in [2.45, 2.75) is 33.7 Å². The Morgan fingerprint density at radius 2 is 1.91 bits per heavy atom. The highest BCUT2D eigenvalue weighted by atomic mass is 35.5. The molecular formula is C17H20ClN3O. The van der Waals surface area contributed by atoms with E-state index in [1.165, 1.54) is 0 Å². The number of nitrogens with zero attached hydrogens (tertiary/aromatic N) is 1. The van der Waals surface area contributed by atoms with Crippen LogP contribution in [0.4, 0.5) is 11.4 Å². The summed E-state index contributed by atoms with van der Waals surface area (Å²) in [5.41, 5.74) is 4.22. The monoisotopic (exact) mass is 317 g/mol. The molecule has 1 aromatic carbocycles. The quantitative estimate of drug-likeness (QED) is 0.887. The number of anilines is 2. The third kappa shape index (κ3) is 3.98. The number of benzene rings is 1. The number of carbonyl (C=O) groups excluding carboxylic acids is 1. The Kier molecular flexibility index (Phi) is 5.03. The van der Waals surface area contributed by atoms with Crippen molar-refractivity contribution < 1.29 is 4.79 Å². The van der Waals surface area contributed by atoms with Gasteiger partial charge in [0.25, 0.3) is 5.91 Å². The van der Waals surface area contributed by atoms with Crippen molar-refractivity contribution in [3.63, 3.8) is 0 Å². The maximum atomic E-state index is 12.0. The first-order chi connectivity index (χ1) is 10.4. The fourth-order valence-corrected chi connectivity index (χ4v) is 2.56. The van der Waals surface area contributed by atoms with E-state index in [4.69, 9.17) is 11.6 Å². The molecule has 0 aliphatic carbocycles. The number of aromatic nitrogens is 1. The van der Waals surface area contributed by atoms with Gasteiger partial charge in [-0.2, -0.15) is 0 Å². The number of amides is 1. The maximum absolute atomic E-state index is 12.0. The van der Waals surface area contributed by atoms with Gasteiger partial charge in [-0.3, -0.25) is 9.78 Å². The molecule has 4 nitrogen and oxygen atoms in total. The molecule has 1 amide bonds. The van der Waals surface area contributed by atoms with Crippen LogP contribution in [0.5, 0.6) is 0 Å². The molecular weight excluding hydrogens is 298 g/mol. The average molecular weight is 318 g/mol. The molecule has 0 atom stereocenters. The molecule has 0 fully saturated rings. The fraction of sp³-hybridized carbons (Fsp3) is 0.294. The molecule has 0 radical (unpaired) electrons. The number of rotatable bonds is 4. The average Bonchev–Trinajstić information content (AvgIpc) is 2.42. The van der Waals surface area contributed by atoms with Gasteiger partial charge in [-0.25, -0.2) is 0 Å². The first-order valence-electron chi connectivity index (χ1n) is 7.16. The highest BCUT2D eigenvalue weighted by molar-refractivity contribution is 6.33. The highest BCUT2D eigenvalue weighted by Gasteiger charge is 2.10. The minimum absolute atomic E-state index is 0.0814. The van der Waals surface area contributed by atoms with Crippen molar-refractivity contribution >= 4 is 28.9 Å². The molecule has 2 N–H and O–H groups in total. The van der Waals surface area contributed by atoms with E-state index in [1.54, 1.807) is 18.5 Å². The Labute approximate surface area is 135 Å². The van der Waals surface area contributed by atoms with Crippen LogP contribution >= 0.6 is 11.6 Å². The van der Waals surface area contributed by atoms with Crippen LogP contribution in [0.3, 0.4) is 0 Å². The lowest BCUT2D eigenvalue weighted by Gasteiger charge is -2.13. The molecule has 1 heterocycles. The SMILES string of the molecule is Cc1cc(C)c(Nc2cncc(C(=O)NC(C)C)c2)c(Cl)c1. The number of carbonyl (C=O) groups is 1. The Bertz CT molecular complexity index is 675. The van der Waals surface area contributed by atoms with E-state index in [-0.39, 0.29) is 11.9 Å². The summed E-state index contributed by atoms with van der Waals surface area (Å²) in [6, 6.07) is 5.80. The maximum Gasteiger partial charge on any atom is 0.253 e.